The van der Waals surface area contributed by atoms with Gasteiger partial charge in [-0.25, -0.2) is 8.78 Å². The van der Waals surface area contributed by atoms with Crippen molar-refractivity contribution in [1.29, 1.82) is 0 Å². The molecule has 0 aliphatic heterocycles. The summed E-state index contributed by atoms with van der Waals surface area (Å²) in [6.07, 6.45) is -2.45. The Kier molecular flexibility index (Phi) is 7.22. The number of halogens is 2. The summed E-state index contributed by atoms with van der Waals surface area (Å²) >= 11 is 0. The van der Waals surface area contributed by atoms with E-state index >= 15 is 0 Å². The zero-order chi connectivity index (χ0) is 16.0. The SMILES string of the molecule is CCN(C(C)CN(C)C)C(CN)c1cccc(C(F)F)c1. The first-order valence-electron chi connectivity index (χ1n) is 7.39. The van der Waals surface area contributed by atoms with Crippen molar-refractivity contribution in [1.82, 2.24) is 9.80 Å². The highest BCUT2D eigenvalue weighted by atomic mass is 19.3. The number of hydrogen-bond acceptors (Lipinski definition) is 3. The maximum Gasteiger partial charge on any atom is 0.263 e. The van der Waals surface area contributed by atoms with Crippen molar-refractivity contribution in [3.05, 3.63) is 35.4 Å². The van der Waals surface area contributed by atoms with E-state index in [1.807, 2.05) is 20.2 Å². The summed E-state index contributed by atoms with van der Waals surface area (Å²) in [5.41, 5.74) is 6.85. The van der Waals surface area contributed by atoms with E-state index in [0.717, 1.165) is 18.7 Å². The molecule has 0 saturated heterocycles. The van der Waals surface area contributed by atoms with Crippen molar-refractivity contribution < 1.29 is 8.78 Å². The van der Waals surface area contributed by atoms with Crippen LogP contribution >= 0.6 is 0 Å². The monoisotopic (exact) mass is 299 g/mol. The van der Waals surface area contributed by atoms with Gasteiger partial charge in [0.15, 0.2) is 0 Å². The van der Waals surface area contributed by atoms with Crippen molar-refractivity contribution >= 4 is 0 Å². The zero-order valence-corrected chi connectivity index (χ0v) is 13.4. The van der Waals surface area contributed by atoms with Crippen LogP contribution in [-0.2, 0) is 0 Å². The Morgan fingerprint density at radius 1 is 1.19 bits per heavy atom. The second-order valence-electron chi connectivity index (χ2n) is 5.66. The van der Waals surface area contributed by atoms with Crippen LogP contribution in [0.2, 0.25) is 0 Å². The number of nitrogens with two attached hydrogens (primary N) is 1. The Bertz CT molecular complexity index is 424. The van der Waals surface area contributed by atoms with Crippen LogP contribution in [0.3, 0.4) is 0 Å². The smallest absolute Gasteiger partial charge is 0.263 e. The van der Waals surface area contributed by atoms with Gasteiger partial charge in [-0.15, -0.1) is 0 Å². The van der Waals surface area contributed by atoms with E-state index in [0.29, 0.717) is 12.6 Å². The fourth-order valence-electron chi connectivity index (χ4n) is 2.84. The number of likely N-dealkylation sites (N-methyl/N-ethyl adjacent to an activating group) is 2. The van der Waals surface area contributed by atoms with Crippen molar-refractivity contribution in [2.45, 2.75) is 32.4 Å². The van der Waals surface area contributed by atoms with Crippen LogP contribution < -0.4 is 5.73 Å². The Morgan fingerprint density at radius 3 is 2.29 bits per heavy atom. The molecule has 0 aromatic heterocycles. The van der Waals surface area contributed by atoms with Gasteiger partial charge in [0.05, 0.1) is 0 Å². The van der Waals surface area contributed by atoms with Crippen LogP contribution in [0.4, 0.5) is 8.78 Å². The molecule has 0 aliphatic rings. The molecule has 0 amide bonds. The highest BCUT2D eigenvalue weighted by Gasteiger charge is 2.23. The second kappa shape index (κ2) is 8.41. The molecule has 0 radical (unpaired) electrons. The van der Waals surface area contributed by atoms with Gasteiger partial charge < -0.3 is 10.6 Å². The summed E-state index contributed by atoms with van der Waals surface area (Å²) < 4.78 is 25.8. The summed E-state index contributed by atoms with van der Waals surface area (Å²) in [5.74, 6) is 0. The normalized spacial score (nSPS) is 15.0. The molecule has 5 heteroatoms. The van der Waals surface area contributed by atoms with E-state index < -0.39 is 6.43 Å². The zero-order valence-electron chi connectivity index (χ0n) is 13.4. The summed E-state index contributed by atoms with van der Waals surface area (Å²) in [5, 5.41) is 0. The van der Waals surface area contributed by atoms with Crippen LogP contribution in [-0.4, -0.2) is 49.6 Å². The summed E-state index contributed by atoms with van der Waals surface area (Å²) in [6.45, 7) is 6.36. The third kappa shape index (κ3) is 5.02. The van der Waals surface area contributed by atoms with Gasteiger partial charge in [-0.2, -0.15) is 0 Å². The molecule has 21 heavy (non-hydrogen) atoms. The van der Waals surface area contributed by atoms with E-state index in [2.05, 4.69) is 23.6 Å². The average Bonchev–Trinajstić information content (AvgIpc) is 2.43. The molecule has 1 aromatic rings. The predicted octanol–water partition coefficient (Wildman–Crippen LogP) is 2.90. The second-order valence-corrected chi connectivity index (χ2v) is 5.66. The Hall–Kier alpha value is -1.04. The third-order valence-corrected chi connectivity index (χ3v) is 3.73. The molecule has 2 atom stereocenters. The van der Waals surface area contributed by atoms with Crippen LogP contribution in [0.15, 0.2) is 24.3 Å². The van der Waals surface area contributed by atoms with Crippen LogP contribution in [0, 0.1) is 0 Å². The molecule has 0 aliphatic carbocycles. The van der Waals surface area contributed by atoms with Crippen molar-refractivity contribution in [2.75, 3.05) is 33.7 Å². The first-order chi connectivity index (χ1) is 9.90. The lowest BCUT2D eigenvalue weighted by atomic mass is 10.0. The van der Waals surface area contributed by atoms with Gasteiger partial charge in [0.1, 0.15) is 0 Å². The number of alkyl halides is 2. The first-order valence-corrected chi connectivity index (χ1v) is 7.39. The topological polar surface area (TPSA) is 32.5 Å². The largest absolute Gasteiger partial charge is 0.329 e. The number of hydrogen-bond donors (Lipinski definition) is 1. The van der Waals surface area contributed by atoms with Gasteiger partial charge in [0.25, 0.3) is 6.43 Å². The van der Waals surface area contributed by atoms with Crippen molar-refractivity contribution in [2.24, 2.45) is 5.73 Å². The van der Waals surface area contributed by atoms with Gasteiger partial charge in [-0.1, -0.05) is 25.1 Å². The van der Waals surface area contributed by atoms with Crippen LogP contribution in [0.25, 0.3) is 0 Å². The van der Waals surface area contributed by atoms with Crippen molar-refractivity contribution in [3.8, 4) is 0 Å². The van der Waals surface area contributed by atoms with Crippen LogP contribution in [0.5, 0.6) is 0 Å². The lowest BCUT2D eigenvalue weighted by Crippen LogP contribution is -2.44. The fourth-order valence-corrected chi connectivity index (χ4v) is 2.84. The Labute approximate surface area is 126 Å². The first kappa shape index (κ1) is 18.0. The van der Waals surface area contributed by atoms with Gasteiger partial charge in [0, 0.05) is 30.7 Å². The maximum atomic E-state index is 12.9. The van der Waals surface area contributed by atoms with Gasteiger partial charge in [-0.3, -0.25) is 4.90 Å². The van der Waals surface area contributed by atoms with Gasteiger partial charge >= 0.3 is 0 Å². The molecule has 3 nitrogen and oxygen atoms in total. The third-order valence-electron chi connectivity index (χ3n) is 3.73. The highest BCUT2D eigenvalue weighted by molar-refractivity contribution is 5.27. The lowest BCUT2D eigenvalue weighted by Gasteiger charge is -2.36. The van der Waals surface area contributed by atoms with E-state index in [-0.39, 0.29) is 11.6 Å². The van der Waals surface area contributed by atoms with E-state index in [1.165, 1.54) is 6.07 Å². The number of nitrogens with zero attached hydrogens (tertiary/aromatic N) is 2. The minimum absolute atomic E-state index is 0.0383. The van der Waals surface area contributed by atoms with Gasteiger partial charge in [0.2, 0.25) is 0 Å². The molecule has 2 unspecified atom stereocenters. The molecule has 0 bridgehead atoms. The molecule has 0 spiro atoms. The van der Waals surface area contributed by atoms with Crippen LogP contribution in [0.1, 0.15) is 37.4 Å². The highest BCUT2D eigenvalue weighted by Crippen LogP contribution is 2.26. The average molecular weight is 299 g/mol. The van der Waals surface area contributed by atoms with Crippen molar-refractivity contribution in [3.63, 3.8) is 0 Å². The molecular formula is C16H27F2N3. The lowest BCUT2D eigenvalue weighted by molar-refractivity contribution is 0.130. The molecule has 0 heterocycles. The minimum Gasteiger partial charge on any atom is -0.329 e. The molecule has 1 aromatic carbocycles. The molecule has 0 saturated carbocycles. The molecule has 120 valence electrons. The molecule has 1 rings (SSSR count). The Balaban J connectivity index is 3.01. The fraction of sp³-hybridized carbons (Fsp3) is 0.625. The molecular weight excluding hydrogens is 272 g/mol. The van der Waals surface area contributed by atoms with E-state index in [9.17, 15) is 8.78 Å². The predicted molar refractivity (Wildman–Crippen MR) is 83.6 cm³/mol. The molecule has 2 N–H and O–H groups in total. The van der Waals surface area contributed by atoms with E-state index in [1.54, 1.807) is 12.1 Å². The summed E-state index contributed by atoms with van der Waals surface area (Å²) in [7, 11) is 4.05. The standard InChI is InChI=1S/C16H27F2N3/c1-5-21(12(2)11-20(3)4)15(10-19)13-7-6-8-14(9-13)16(17)18/h6-9,12,15-16H,5,10-11,19H2,1-4H3. The van der Waals surface area contributed by atoms with Gasteiger partial charge in [-0.05, 0) is 39.2 Å². The van der Waals surface area contributed by atoms with E-state index in [4.69, 9.17) is 5.73 Å². The summed E-state index contributed by atoms with van der Waals surface area (Å²) in [4.78, 5) is 4.39. The maximum absolute atomic E-state index is 12.9. The summed E-state index contributed by atoms with van der Waals surface area (Å²) in [6, 6.07) is 6.87. The molecule has 0 fully saturated rings. The number of benzene rings is 1. The number of rotatable bonds is 8. The Morgan fingerprint density at radius 2 is 1.81 bits per heavy atom. The quantitative estimate of drug-likeness (QED) is 0.801. The minimum atomic E-state index is -2.45.